The number of benzene rings is 3. The van der Waals surface area contributed by atoms with Gasteiger partial charge in [0.2, 0.25) is 5.91 Å². The molecule has 0 fully saturated rings. The van der Waals surface area contributed by atoms with E-state index in [2.05, 4.69) is 26.6 Å². The van der Waals surface area contributed by atoms with Crippen LogP contribution in [0, 0.1) is 0 Å². The summed E-state index contributed by atoms with van der Waals surface area (Å²) in [6.45, 7) is 4.37. The summed E-state index contributed by atoms with van der Waals surface area (Å²) in [7, 11) is -4.09. The lowest BCUT2D eigenvalue weighted by Gasteiger charge is -2.24. The molecule has 0 radical (unpaired) electrons. The Kier molecular flexibility index (Phi) is 10.1. The van der Waals surface area contributed by atoms with E-state index in [9.17, 15) is 18.0 Å². The molecule has 3 aromatic carbocycles. The molecule has 0 heterocycles. The van der Waals surface area contributed by atoms with Gasteiger partial charge in [-0.05, 0) is 74.0 Å². The summed E-state index contributed by atoms with van der Waals surface area (Å²) in [4.78, 5) is 25.8. The minimum Gasteiger partial charge on any atom is -0.494 e. The summed E-state index contributed by atoms with van der Waals surface area (Å²) >= 11 is 3.31. The molecule has 0 spiro atoms. The van der Waals surface area contributed by atoms with E-state index in [-0.39, 0.29) is 10.8 Å². The van der Waals surface area contributed by atoms with Crippen LogP contribution >= 0.6 is 15.9 Å². The van der Waals surface area contributed by atoms with Crippen molar-refractivity contribution in [1.29, 1.82) is 0 Å². The molecule has 0 aliphatic carbocycles. The zero-order chi connectivity index (χ0) is 26.8. The molecule has 0 bridgehead atoms. The monoisotopic (exact) mass is 587 g/mol. The zero-order valence-electron chi connectivity index (χ0n) is 20.7. The molecule has 2 N–H and O–H groups in total. The number of para-hydroxylation sites is 1. The molecule has 0 saturated heterocycles. The maximum atomic E-state index is 13.6. The lowest BCUT2D eigenvalue weighted by atomic mass is 10.1. The summed E-state index contributed by atoms with van der Waals surface area (Å²) in [5.41, 5.74) is 0.900. The first-order chi connectivity index (χ1) is 17.8. The van der Waals surface area contributed by atoms with E-state index in [1.54, 1.807) is 60.7 Å². The molecule has 10 heteroatoms. The van der Waals surface area contributed by atoms with E-state index in [1.807, 2.05) is 13.8 Å². The highest BCUT2D eigenvalue weighted by Crippen LogP contribution is 2.27. The minimum atomic E-state index is -4.09. The van der Waals surface area contributed by atoms with Gasteiger partial charge in [-0.3, -0.25) is 13.9 Å². The van der Waals surface area contributed by atoms with Crippen molar-refractivity contribution in [2.24, 2.45) is 0 Å². The first-order valence-electron chi connectivity index (χ1n) is 11.9. The lowest BCUT2D eigenvalue weighted by Crippen LogP contribution is -2.38. The molecule has 37 heavy (non-hydrogen) atoms. The van der Waals surface area contributed by atoms with E-state index >= 15 is 0 Å². The number of nitrogens with one attached hydrogen (secondary N) is 2. The standard InChI is InChI=1S/C27H30BrN3O5S/c1-3-5-18-29-27(33)24-8-6-7-9-25(24)30-26(32)19-31(21-12-14-22(15-13-21)36-4-2)37(34,35)23-16-10-20(28)11-17-23/h6-17H,3-5,18-19H2,1-2H3,(H,29,33)(H,30,32). The zero-order valence-corrected chi connectivity index (χ0v) is 23.1. The molecule has 2 amide bonds. The van der Waals surface area contributed by atoms with Gasteiger partial charge in [0.05, 0.1) is 28.4 Å². The van der Waals surface area contributed by atoms with Crippen LogP contribution in [0.3, 0.4) is 0 Å². The molecule has 196 valence electrons. The van der Waals surface area contributed by atoms with Crippen molar-refractivity contribution in [3.8, 4) is 5.75 Å². The van der Waals surface area contributed by atoms with Crippen molar-refractivity contribution in [3.05, 3.63) is 82.8 Å². The smallest absolute Gasteiger partial charge is 0.264 e. The third kappa shape index (κ3) is 7.56. The summed E-state index contributed by atoms with van der Waals surface area (Å²) in [6.07, 6.45) is 1.78. The summed E-state index contributed by atoms with van der Waals surface area (Å²) in [5.74, 6) is -0.321. The third-order valence-corrected chi connectivity index (χ3v) is 7.70. The predicted octanol–water partition coefficient (Wildman–Crippen LogP) is 5.21. The van der Waals surface area contributed by atoms with Crippen molar-refractivity contribution in [1.82, 2.24) is 5.32 Å². The SMILES string of the molecule is CCCCNC(=O)c1ccccc1NC(=O)CN(c1ccc(OCC)cc1)S(=O)(=O)c1ccc(Br)cc1. The maximum Gasteiger partial charge on any atom is 0.264 e. The number of hydrogen-bond donors (Lipinski definition) is 2. The molecule has 8 nitrogen and oxygen atoms in total. The van der Waals surface area contributed by atoms with Crippen molar-refractivity contribution in [3.63, 3.8) is 0 Å². The number of amides is 2. The highest BCUT2D eigenvalue weighted by Gasteiger charge is 2.28. The highest BCUT2D eigenvalue weighted by molar-refractivity contribution is 9.10. The number of hydrogen-bond acceptors (Lipinski definition) is 5. The van der Waals surface area contributed by atoms with Gasteiger partial charge < -0.3 is 15.4 Å². The van der Waals surface area contributed by atoms with Crippen LogP contribution in [0.5, 0.6) is 5.75 Å². The van der Waals surface area contributed by atoms with Gasteiger partial charge in [-0.1, -0.05) is 41.4 Å². The van der Waals surface area contributed by atoms with Crippen LogP contribution < -0.4 is 19.7 Å². The largest absolute Gasteiger partial charge is 0.494 e. The van der Waals surface area contributed by atoms with Crippen LogP contribution in [0.1, 0.15) is 37.0 Å². The maximum absolute atomic E-state index is 13.6. The number of rotatable bonds is 12. The van der Waals surface area contributed by atoms with Gasteiger partial charge in [0.15, 0.2) is 0 Å². The van der Waals surface area contributed by atoms with Gasteiger partial charge in [0, 0.05) is 11.0 Å². The van der Waals surface area contributed by atoms with Crippen molar-refractivity contribution in [2.75, 3.05) is 29.3 Å². The van der Waals surface area contributed by atoms with Gasteiger partial charge >= 0.3 is 0 Å². The van der Waals surface area contributed by atoms with E-state index in [0.717, 1.165) is 21.6 Å². The van der Waals surface area contributed by atoms with Crippen molar-refractivity contribution >= 4 is 49.1 Å². The van der Waals surface area contributed by atoms with Gasteiger partial charge in [0.1, 0.15) is 12.3 Å². The van der Waals surface area contributed by atoms with E-state index < -0.39 is 22.5 Å². The van der Waals surface area contributed by atoms with E-state index in [1.165, 1.54) is 12.1 Å². The van der Waals surface area contributed by atoms with Crippen LogP contribution in [0.2, 0.25) is 0 Å². The summed E-state index contributed by atoms with van der Waals surface area (Å²) in [5, 5.41) is 5.54. The number of nitrogens with zero attached hydrogens (tertiary/aromatic N) is 1. The van der Waals surface area contributed by atoms with E-state index in [4.69, 9.17) is 4.74 Å². The number of anilines is 2. The van der Waals surface area contributed by atoms with Crippen molar-refractivity contribution in [2.45, 2.75) is 31.6 Å². The van der Waals surface area contributed by atoms with E-state index in [0.29, 0.717) is 35.8 Å². The van der Waals surface area contributed by atoms with Crippen LogP contribution in [-0.4, -0.2) is 39.9 Å². The molecular weight excluding hydrogens is 558 g/mol. The third-order valence-electron chi connectivity index (χ3n) is 5.39. The number of carbonyl (C=O) groups is 2. The van der Waals surface area contributed by atoms with Crippen LogP contribution in [0.25, 0.3) is 0 Å². The molecular formula is C27H30BrN3O5S. The topological polar surface area (TPSA) is 105 Å². The minimum absolute atomic E-state index is 0.0353. The normalized spacial score (nSPS) is 11.0. The molecule has 0 saturated carbocycles. The quantitative estimate of drug-likeness (QED) is 0.283. The first-order valence-corrected chi connectivity index (χ1v) is 14.2. The molecule has 0 aliphatic rings. The average molecular weight is 589 g/mol. The highest BCUT2D eigenvalue weighted by atomic mass is 79.9. The Labute approximate surface area is 226 Å². The number of unbranched alkanes of at least 4 members (excludes halogenated alkanes) is 1. The molecule has 0 aromatic heterocycles. The number of carbonyl (C=O) groups excluding carboxylic acids is 2. The Morgan fingerprint density at radius 3 is 2.27 bits per heavy atom. The summed E-state index contributed by atoms with van der Waals surface area (Å²) in [6, 6.07) is 19.3. The molecule has 3 rings (SSSR count). The second-order valence-electron chi connectivity index (χ2n) is 8.10. The Bertz CT molecular complexity index is 1310. The Morgan fingerprint density at radius 1 is 0.946 bits per heavy atom. The predicted molar refractivity (Wildman–Crippen MR) is 149 cm³/mol. The Morgan fingerprint density at radius 2 is 1.62 bits per heavy atom. The number of ether oxygens (including phenoxy) is 1. The van der Waals surface area contributed by atoms with Gasteiger partial charge in [0.25, 0.3) is 15.9 Å². The first kappa shape index (κ1) is 28.2. The Hall–Kier alpha value is -3.37. The molecule has 0 aliphatic heterocycles. The van der Waals surface area contributed by atoms with Gasteiger partial charge in [-0.2, -0.15) is 0 Å². The molecule has 0 unspecified atom stereocenters. The van der Waals surface area contributed by atoms with Crippen molar-refractivity contribution < 1.29 is 22.7 Å². The number of sulfonamides is 1. The van der Waals surface area contributed by atoms with Gasteiger partial charge in [-0.15, -0.1) is 0 Å². The average Bonchev–Trinajstić information content (AvgIpc) is 2.88. The second kappa shape index (κ2) is 13.3. The molecule has 3 aromatic rings. The van der Waals surface area contributed by atoms with Crippen LogP contribution in [-0.2, 0) is 14.8 Å². The van der Waals surface area contributed by atoms with Crippen LogP contribution in [0.4, 0.5) is 11.4 Å². The summed E-state index contributed by atoms with van der Waals surface area (Å²) < 4.78 is 34.4. The fraction of sp³-hybridized carbons (Fsp3) is 0.259. The fourth-order valence-corrected chi connectivity index (χ4v) is 5.19. The lowest BCUT2D eigenvalue weighted by molar-refractivity contribution is -0.114. The Balaban J connectivity index is 1.89. The van der Waals surface area contributed by atoms with Gasteiger partial charge in [-0.25, -0.2) is 8.42 Å². The second-order valence-corrected chi connectivity index (χ2v) is 10.9. The number of halogens is 1. The van der Waals surface area contributed by atoms with Crippen LogP contribution in [0.15, 0.2) is 82.2 Å². The fourth-order valence-electron chi connectivity index (χ4n) is 3.51. The molecule has 0 atom stereocenters.